The Hall–Kier alpha value is -0.810. The van der Waals surface area contributed by atoms with Crippen molar-refractivity contribution in [2.24, 2.45) is 10.7 Å². The van der Waals surface area contributed by atoms with Crippen molar-refractivity contribution in [1.29, 1.82) is 0 Å². The van der Waals surface area contributed by atoms with Crippen LogP contribution in [0.3, 0.4) is 0 Å². The smallest absolute Gasteiger partial charge is 0.188 e. The molecule has 1 saturated heterocycles. The van der Waals surface area contributed by atoms with Crippen LogP contribution >= 0.6 is 0 Å². The van der Waals surface area contributed by atoms with Crippen LogP contribution in [0.2, 0.25) is 0 Å². The van der Waals surface area contributed by atoms with Gasteiger partial charge in [0.1, 0.15) is 0 Å². The lowest BCUT2D eigenvalue weighted by molar-refractivity contribution is -0.0136. The Labute approximate surface area is 116 Å². The summed E-state index contributed by atoms with van der Waals surface area (Å²) >= 11 is 0. The molecule has 2 fully saturated rings. The molecule has 1 saturated carbocycles. The first-order chi connectivity index (χ1) is 9.24. The van der Waals surface area contributed by atoms with Crippen LogP contribution in [0.15, 0.2) is 4.99 Å². The van der Waals surface area contributed by atoms with Gasteiger partial charge >= 0.3 is 0 Å². The van der Waals surface area contributed by atoms with Crippen molar-refractivity contribution in [1.82, 2.24) is 10.2 Å². The number of nitrogens with one attached hydrogen (secondary N) is 1. The van der Waals surface area contributed by atoms with Crippen molar-refractivity contribution < 1.29 is 4.74 Å². The first-order valence-electron chi connectivity index (χ1n) is 7.60. The van der Waals surface area contributed by atoms with E-state index in [0.717, 1.165) is 19.7 Å². The first-order valence-corrected chi connectivity index (χ1v) is 7.60. The molecule has 5 nitrogen and oxygen atoms in total. The fourth-order valence-electron chi connectivity index (χ4n) is 2.86. The number of morpholine rings is 1. The SMILES string of the molecule is CN1CCOC(CN=C(N)NC2CCCCCC2)C1. The second-order valence-electron chi connectivity index (χ2n) is 5.81. The minimum Gasteiger partial charge on any atom is -0.374 e. The van der Waals surface area contributed by atoms with E-state index in [4.69, 9.17) is 10.5 Å². The van der Waals surface area contributed by atoms with Crippen molar-refractivity contribution in [2.45, 2.75) is 50.7 Å². The summed E-state index contributed by atoms with van der Waals surface area (Å²) in [6.07, 6.45) is 7.96. The van der Waals surface area contributed by atoms with E-state index >= 15 is 0 Å². The van der Waals surface area contributed by atoms with Gasteiger partial charge in [-0.25, -0.2) is 0 Å². The molecule has 5 heteroatoms. The Morgan fingerprint density at radius 3 is 2.74 bits per heavy atom. The van der Waals surface area contributed by atoms with E-state index in [2.05, 4.69) is 22.3 Å². The van der Waals surface area contributed by atoms with Crippen molar-refractivity contribution in [2.75, 3.05) is 33.3 Å². The molecule has 1 heterocycles. The third kappa shape index (κ3) is 5.37. The normalized spacial score (nSPS) is 28.1. The molecule has 0 amide bonds. The average molecular weight is 268 g/mol. The van der Waals surface area contributed by atoms with Gasteiger partial charge in [-0.15, -0.1) is 0 Å². The Morgan fingerprint density at radius 1 is 1.32 bits per heavy atom. The van der Waals surface area contributed by atoms with Crippen molar-refractivity contribution in [3.63, 3.8) is 0 Å². The van der Waals surface area contributed by atoms with Crippen LogP contribution in [0.5, 0.6) is 0 Å². The van der Waals surface area contributed by atoms with E-state index in [1.807, 2.05) is 0 Å². The quantitative estimate of drug-likeness (QED) is 0.454. The molecule has 1 aliphatic heterocycles. The molecular weight excluding hydrogens is 240 g/mol. The van der Waals surface area contributed by atoms with Gasteiger partial charge in [-0.2, -0.15) is 0 Å². The van der Waals surface area contributed by atoms with Crippen LogP contribution in [-0.2, 0) is 4.74 Å². The highest BCUT2D eigenvalue weighted by Gasteiger charge is 2.17. The van der Waals surface area contributed by atoms with Gasteiger partial charge < -0.3 is 20.7 Å². The highest BCUT2D eigenvalue weighted by molar-refractivity contribution is 5.78. The molecule has 1 aliphatic carbocycles. The zero-order valence-corrected chi connectivity index (χ0v) is 12.1. The van der Waals surface area contributed by atoms with E-state index in [0.29, 0.717) is 18.5 Å². The molecule has 1 atom stereocenters. The van der Waals surface area contributed by atoms with Crippen LogP contribution in [-0.4, -0.2) is 56.3 Å². The van der Waals surface area contributed by atoms with E-state index < -0.39 is 0 Å². The van der Waals surface area contributed by atoms with Gasteiger partial charge in [0.05, 0.1) is 19.3 Å². The molecule has 3 N–H and O–H groups in total. The highest BCUT2D eigenvalue weighted by atomic mass is 16.5. The number of rotatable bonds is 3. The van der Waals surface area contributed by atoms with Crippen molar-refractivity contribution in [3.8, 4) is 0 Å². The maximum absolute atomic E-state index is 5.98. The summed E-state index contributed by atoms with van der Waals surface area (Å²) in [4.78, 5) is 6.72. The summed E-state index contributed by atoms with van der Waals surface area (Å²) < 4.78 is 5.68. The Balaban J connectivity index is 1.72. The zero-order chi connectivity index (χ0) is 13.5. The second kappa shape index (κ2) is 7.70. The third-order valence-electron chi connectivity index (χ3n) is 4.01. The van der Waals surface area contributed by atoms with E-state index in [1.54, 1.807) is 0 Å². The summed E-state index contributed by atoms with van der Waals surface area (Å²) in [6, 6.07) is 0.515. The summed E-state index contributed by atoms with van der Waals surface area (Å²) in [6.45, 7) is 3.42. The molecular formula is C14H28N4O. The third-order valence-corrected chi connectivity index (χ3v) is 4.01. The Kier molecular flexibility index (Phi) is 5.92. The molecule has 2 rings (SSSR count). The van der Waals surface area contributed by atoms with Crippen molar-refractivity contribution in [3.05, 3.63) is 0 Å². The molecule has 0 aromatic heterocycles. The number of nitrogens with zero attached hydrogens (tertiary/aromatic N) is 2. The minimum absolute atomic E-state index is 0.188. The van der Waals surface area contributed by atoms with Gasteiger partial charge in [0.25, 0.3) is 0 Å². The minimum atomic E-state index is 0.188. The lowest BCUT2D eigenvalue weighted by atomic mass is 10.1. The largest absolute Gasteiger partial charge is 0.374 e. The number of nitrogens with two attached hydrogens (primary N) is 1. The lowest BCUT2D eigenvalue weighted by Gasteiger charge is -2.29. The van der Waals surface area contributed by atoms with Crippen LogP contribution in [0.4, 0.5) is 0 Å². The van der Waals surface area contributed by atoms with Gasteiger partial charge in [-0.05, 0) is 19.9 Å². The number of hydrogen-bond acceptors (Lipinski definition) is 3. The van der Waals surface area contributed by atoms with Crippen LogP contribution < -0.4 is 11.1 Å². The number of aliphatic imine (C=N–C) groups is 1. The highest BCUT2D eigenvalue weighted by Crippen LogP contribution is 2.16. The average Bonchev–Trinajstić information content (AvgIpc) is 2.65. The monoisotopic (exact) mass is 268 g/mol. The molecule has 19 heavy (non-hydrogen) atoms. The fraction of sp³-hybridized carbons (Fsp3) is 0.929. The standard InChI is InChI=1S/C14H28N4O/c1-18-8-9-19-13(11-18)10-16-14(15)17-12-6-4-2-3-5-7-12/h12-13H,2-11H2,1H3,(H3,15,16,17). The zero-order valence-electron chi connectivity index (χ0n) is 12.1. The Bertz CT molecular complexity index is 287. The van der Waals surface area contributed by atoms with Gasteiger partial charge in [0.2, 0.25) is 0 Å². The second-order valence-corrected chi connectivity index (χ2v) is 5.81. The van der Waals surface area contributed by atoms with Gasteiger partial charge in [0.15, 0.2) is 5.96 Å². The molecule has 0 aromatic rings. The van der Waals surface area contributed by atoms with E-state index in [1.165, 1.54) is 38.5 Å². The lowest BCUT2D eigenvalue weighted by Crippen LogP contribution is -2.43. The summed E-state index contributed by atoms with van der Waals surface area (Å²) in [5.74, 6) is 0.587. The first kappa shape index (κ1) is 14.6. The molecule has 1 unspecified atom stereocenters. The number of guanidine groups is 1. The van der Waals surface area contributed by atoms with E-state index in [9.17, 15) is 0 Å². The van der Waals surface area contributed by atoms with Crippen LogP contribution in [0.25, 0.3) is 0 Å². The summed E-state index contributed by atoms with van der Waals surface area (Å²) in [5.41, 5.74) is 5.98. The molecule has 0 aromatic carbocycles. The van der Waals surface area contributed by atoms with Crippen molar-refractivity contribution >= 4 is 5.96 Å². The maximum Gasteiger partial charge on any atom is 0.188 e. The van der Waals surface area contributed by atoms with E-state index in [-0.39, 0.29) is 6.10 Å². The molecule has 2 aliphatic rings. The maximum atomic E-state index is 5.98. The number of likely N-dealkylation sites (N-methyl/N-ethyl adjacent to an activating group) is 1. The molecule has 0 bridgehead atoms. The van der Waals surface area contributed by atoms with Gasteiger partial charge in [-0.1, -0.05) is 25.7 Å². The molecule has 110 valence electrons. The number of ether oxygens (including phenoxy) is 1. The van der Waals surface area contributed by atoms with Crippen LogP contribution in [0, 0.1) is 0 Å². The number of hydrogen-bond donors (Lipinski definition) is 2. The van der Waals surface area contributed by atoms with Crippen LogP contribution in [0.1, 0.15) is 38.5 Å². The molecule has 0 radical (unpaired) electrons. The predicted octanol–water partition coefficient (Wildman–Crippen LogP) is 0.944. The fourth-order valence-corrected chi connectivity index (χ4v) is 2.86. The molecule has 0 spiro atoms. The Morgan fingerprint density at radius 2 is 2.05 bits per heavy atom. The van der Waals surface area contributed by atoms with Gasteiger partial charge in [-0.3, -0.25) is 4.99 Å². The summed E-state index contributed by atoms with van der Waals surface area (Å²) in [5, 5.41) is 3.37. The topological polar surface area (TPSA) is 62.9 Å². The van der Waals surface area contributed by atoms with Gasteiger partial charge in [0, 0.05) is 19.1 Å². The summed E-state index contributed by atoms with van der Waals surface area (Å²) in [7, 11) is 2.12. The predicted molar refractivity (Wildman–Crippen MR) is 78.4 cm³/mol.